The van der Waals surface area contributed by atoms with Crippen molar-refractivity contribution in [1.82, 2.24) is 19.7 Å². The van der Waals surface area contributed by atoms with E-state index >= 15 is 0 Å². The molecule has 2 aliphatic heterocycles. The summed E-state index contributed by atoms with van der Waals surface area (Å²) in [5.74, 6) is 0.997. The standard InChI is InChI=1S/C23H29N5O/c29-23(28-19-17-26(18-20-28)22-10-4-5-11-24-22)27-15-13-25(14-16-27)12-6-9-21-7-2-1-3-8-21/h1-11H,12-20H2/b9-6+. The van der Waals surface area contributed by atoms with Crippen LogP contribution >= 0.6 is 0 Å². The van der Waals surface area contributed by atoms with Crippen molar-refractivity contribution < 1.29 is 4.79 Å². The van der Waals surface area contributed by atoms with Crippen molar-refractivity contribution in [2.75, 3.05) is 63.8 Å². The Hall–Kier alpha value is -2.86. The molecular formula is C23H29N5O. The maximum absolute atomic E-state index is 12.9. The Kier molecular flexibility index (Phi) is 6.42. The molecule has 0 aliphatic carbocycles. The molecule has 0 unspecified atom stereocenters. The summed E-state index contributed by atoms with van der Waals surface area (Å²) in [7, 11) is 0. The monoisotopic (exact) mass is 391 g/mol. The third kappa shape index (κ3) is 5.15. The number of benzene rings is 1. The number of rotatable bonds is 4. The number of carbonyl (C=O) groups excluding carboxylic acids is 1. The van der Waals surface area contributed by atoms with E-state index in [0.717, 1.165) is 64.7 Å². The van der Waals surface area contributed by atoms with Gasteiger partial charge in [-0.25, -0.2) is 9.78 Å². The maximum atomic E-state index is 12.9. The van der Waals surface area contributed by atoms with Crippen molar-refractivity contribution in [1.29, 1.82) is 0 Å². The summed E-state index contributed by atoms with van der Waals surface area (Å²) in [6.45, 7) is 7.60. The van der Waals surface area contributed by atoms with Crippen LogP contribution in [0.5, 0.6) is 0 Å². The van der Waals surface area contributed by atoms with Crippen molar-refractivity contribution >= 4 is 17.9 Å². The molecule has 0 bridgehead atoms. The summed E-state index contributed by atoms with van der Waals surface area (Å²) in [4.78, 5) is 26.0. The molecule has 2 saturated heterocycles. The minimum atomic E-state index is 0.185. The molecule has 1 aromatic heterocycles. The topological polar surface area (TPSA) is 42.9 Å². The smallest absolute Gasteiger partial charge is 0.320 e. The van der Waals surface area contributed by atoms with E-state index in [-0.39, 0.29) is 6.03 Å². The zero-order valence-corrected chi connectivity index (χ0v) is 16.9. The maximum Gasteiger partial charge on any atom is 0.320 e. The van der Waals surface area contributed by atoms with Gasteiger partial charge in [0.05, 0.1) is 0 Å². The van der Waals surface area contributed by atoms with E-state index < -0.39 is 0 Å². The summed E-state index contributed by atoms with van der Waals surface area (Å²) >= 11 is 0. The number of nitrogens with zero attached hydrogens (tertiary/aromatic N) is 5. The predicted octanol–water partition coefficient (Wildman–Crippen LogP) is 2.65. The van der Waals surface area contributed by atoms with E-state index in [0.29, 0.717) is 0 Å². The van der Waals surface area contributed by atoms with Gasteiger partial charge in [-0.05, 0) is 17.7 Å². The Morgan fingerprint density at radius 1 is 0.828 bits per heavy atom. The van der Waals surface area contributed by atoms with Gasteiger partial charge in [-0.15, -0.1) is 0 Å². The van der Waals surface area contributed by atoms with E-state index in [1.54, 1.807) is 0 Å². The highest BCUT2D eigenvalue weighted by atomic mass is 16.2. The van der Waals surface area contributed by atoms with E-state index in [1.807, 2.05) is 40.3 Å². The fraction of sp³-hybridized carbons (Fsp3) is 0.391. The SMILES string of the molecule is O=C(N1CCN(C/C=C/c2ccccc2)CC1)N1CCN(c2ccccn2)CC1. The van der Waals surface area contributed by atoms with Gasteiger partial charge in [-0.3, -0.25) is 4.90 Å². The van der Waals surface area contributed by atoms with Gasteiger partial charge < -0.3 is 14.7 Å². The highest BCUT2D eigenvalue weighted by molar-refractivity contribution is 5.75. The van der Waals surface area contributed by atoms with Gasteiger partial charge in [0.1, 0.15) is 5.82 Å². The number of urea groups is 1. The lowest BCUT2D eigenvalue weighted by atomic mass is 10.2. The average Bonchev–Trinajstić information content (AvgIpc) is 2.80. The van der Waals surface area contributed by atoms with Crippen LogP contribution in [0.1, 0.15) is 5.56 Å². The van der Waals surface area contributed by atoms with Crippen LogP contribution in [0.4, 0.5) is 10.6 Å². The molecule has 0 spiro atoms. The predicted molar refractivity (Wildman–Crippen MR) is 117 cm³/mol. The summed E-state index contributed by atoms with van der Waals surface area (Å²) in [6.07, 6.45) is 6.20. The van der Waals surface area contributed by atoms with Gasteiger partial charge in [0, 0.05) is 65.1 Å². The minimum Gasteiger partial charge on any atom is -0.353 e. The number of hydrogen-bond acceptors (Lipinski definition) is 4. The lowest BCUT2D eigenvalue weighted by molar-refractivity contribution is 0.115. The van der Waals surface area contributed by atoms with Crippen molar-refractivity contribution in [3.8, 4) is 0 Å². The number of aromatic nitrogens is 1. The van der Waals surface area contributed by atoms with Crippen LogP contribution in [0, 0.1) is 0 Å². The Bertz CT molecular complexity index is 795. The molecule has 1 aromatic carbocycles. The highest BCUT2D eigenvalue weighted by Gasteiger charge is 2.27. The van der Waals surface area contributed by atoms with Crippen LogP contribution in [0.2, 0.25) is 0 Å². The molecule has 29 heavy (non-hydrogen) atoms. The molecule has 2 aliphatic rings. The first-order valence-corrected chi connectivity index (χ1v) is 10.4. The van der Waals surface area contributed by atoms with Crippen molar-refractivity contribution in [2.45, 2.75) is 0 Å². The van der Waals surface area contributed by atoms with Crippen LogP contribution in [0.15, 0.2) is 60.8 Å². The molecule has 152 valence electrons. The van der Waals surface area contributed by atoms with Gasteiger partial charge in [0.25, 0.3) is 0 Å². The third-order valence-corrected chi connectivity index (χ3v) is 5.64. The molecule has 2 fully saturated rings. The normalized spacial score (nSPS) is 18.4. The summed E-state index contributed by atoms with van der Waals surface area (Å²) in [6, 6.07) is 16.5. The third-order valence-electron chi connectivity index (χ3n) is 5.64. The second-order valence-corrected chi connectivity index (χ2v) is 7.55. The number of hydrogen-bond donors (Lipinski definition) is 0. The van der Waals surface area contributed by atoms with Gasteiger partial charge in [0.2, 0.25) is 0 Å². The van der Waals surface area contributed by atoms with E-state index in [2.05, 4.69) is 51.2 Å². The van der Waals surface area contributed by atoms with Crippen molar-refractivity contribution in [2.24, 2.45) is 0 Å². The lowest BCUT2D eigenvalue weighted by Crippen LogP contribution is -2.57. The Labute approximate surface area is 173 Å². The summed E-state index contributed by atoms with van der Waals surface area (Å²) in [5, 5.41) is 0. The molecule has 3 heterocycles. The molecule has 4 rings (SSSR count). The molecule has 2 amide bonds. The number of pyridine rings is 1. The molecule has 6 heteroatoms. The first-order chi connectivity index (χ1) is 14.3. The van der Waals surface area contributed by atoms with E-state index in [1.165, 1.54) is 5.56 Å². The quantitative estimate of drug-likeness (QED) is 0.804. The van der Waals surface area contributed by atoms with E-state index in [9.17, 15) is 4.79 Å². The largest absolute Gasteiger partial charge is 0.353 e. The molecule has 2 aromatic rings. The second kappa shape index (κ2) is 9.56. The Morgan fingerprint density at radius 3 is 2.14 bits per heavy atom. The zero-order chi connectivity index (χ0) is 19.9. The molecular weight excluding hydrogens is 362 g/mol. The van der Waals surface area contributed by atoms with Gasteiger partial charge >= 0.3 is 6.03 Å². The molecule has 0 N–H and O–H groups in total. The van der Waals surface area contributed by atoms with Crippen molar-refractivity contribution in [3.63, 3.8) is 0 Å². The van der Waals surface area contributed by atoms with Crippen LogP contribution in [0.25, 0.3) is 6.08 Å². The van der Waals surface area contributed by atoms with Gasteiger partial charge in [-0.2, -0.15) is 0 Å². The first kappa shape index (κ1) is 19.5. The minimum absolute atomic E-state index is 0.185. The number of piperazine rings is 2. The number of amides is 2. The Balaban J connectivity index is 1.20. The number of anilines is 1. The summed E-state index contributed by atoms with van der Waals surface area (Å²) in [5.41, 5.74) is 1.23. The average molecular weight is 392 g/mol. The van der Waals surface area contributed by atoms with Crippen LogP contribution < -0.4 is 4.90 Å². The van der Waals surface area contributed by atoms with Crippen molar-refractivity contribution in [3.05, 3.63) is 66.4 Å². The van der Waals surface area contributed by atoms with E-state index in [4.69, 9.17) is 0 Å². The molecule has 0 atom stereocenters. The van der Waals surface area contributed by atoms with Gasteiger partial charge in [0.15, 0.2) is 0 Å². The molecule has 0 saturated carbocycles. The first-order valence-electron chi connectivity index (χ1n) is 10.4. The lowest BCUT2D eigenvalue weighted by Gasteiger charge is -2.40. The fourth-order valence-electron chi connectivity index (χ4n) is 3.89. The van der Waals surface area contributed by atoms with Crippen LogP contribution in [0.3, 0.4) is 0 Å². The van der Waals surface area contributed by atoms with Crippen LogP contribution in [-0.2, 0) is 0 Å². The fourth-order valence-corrected chi connectivity index (χ4v) is 3.89. The highest BCUT2D eigenvalue weighted by Crippen LogP contribution is 2.14. The molecule has 6 nitrogen and oxygen atoms in total. The number of carbonyl (C=O) groups is 1. The second-order valence-electron chi connectivity index (χ2n) is 7.55. The zero-order valence-electron chi connectivity index (χ0n) is 16.9. The Morgan fingerprint density at radius 2 is 1.48 bits per heavy atom. The molecule has 0 radical (unpaired) electrons. The van der Waals surface area contributed by atoms with Gasteiger partial charge in [-0.1, -0.05) is 48.6 Å². The summed E-state index contributed by atoms with van der Waals surface area (Å²) < 4.78 is 0. The van der Waals surface area contributed by atoms with Crippen LogP contribution in [-0.4, -0.2) is 84.6 Å².